The van der Waals surface area contributed by atoms with Gasteiger partial charge in [0.25, 0.3) is 0 Å². The molecule has 1 aliphatic rings. The van der Waals surface area contributed by atoms with Crippen LogP contribution >= 0.6 is 0 Å². The second-order valence-corrected chi connectivity index (χ2v) is 6.86. The molecule has 1 aromatic carbocycles. The number of ether oxygens (including phenoxy) is 2. The Kier molecular flexibility index (Phi) is 4.23. The van der Waals surface area contributed by atoms with Gasteiger partial charge in [0.15, 0.2) is 0 Å². The molecular formula is C13H14O8S. The van der Waals surface area contributed by atoms with E-state index < -0.39 is 46.0 Å². The van der Waals surface area contributed by atoms with E-state index >= 15 is 0 Å². The van der Waals surface area contributed by atoms with Gasteiger partial charge < -0.3 is 19.7 Å². The molecule has 0 radical (unpaired) electrons. The summed E-state index contributed by atoms with van der Waals surface area (Å²) in [5.41, 5.74) is 0.778. The Morgan fingerprint density at radius 3 is 2.27 bits per heavy atom. The van der Waals surface area contributed by atoms with E-state index in [-0.39, 0.29) is 4.90 Å². The Morgan fingerprint density at radius 1 is 1.18 bits per heavy atom. The van der Waals surface area contributed by atoms with Crippen LogP contribution in [0.25, 0.3) is 0 Å². The van der Waals surface area contributed by atoms with E-state index in [1.165, 1.54) is 24.3 Å². The van der Waals surface area contributed by atoms with Crippen molar-refractivity contribution in [2.45, 2.75) is 22.9 Å². The van der Waals surface area contributed by atoms with Gasteiger partial charge in [-0.15, -0.1) is 0 Å². The fourth-order valence-corrected chi connectivity index (χ4v) is 3.41. The van der Waals surface area contributed by atoms with E-state index in [1.54, 1.807) is 6.92 Å². The van der Waals surface area contributed by atoms with Crippen LogP contribution in [0.15, 0.2) is 29.2 Å². The lowest BCUT2D eigenvalue weighted by Crippen LogP contribution is -2.60. The lowest BCUT2D eigenvalue weighted by Gasteiger charge is -2.34. The molecule has 1 aromatic rings. The predicted molar refractivity (Wildman–Crippen MR) is 71.2 cm³/mol. The van der Waals surface area contributed by atoms with Crippen LogP contribution in [-0.4, -0.2) is 54.8 Å². The highest BCUT2D eigenvalue weighted by atomic mass is 32.2. The normalized spacial score (nSPS) is 25.5. The van der Waals surface area contributed by atoms with E-state index in [9.17, 15) is 23.1 Å². The van der Waals surface area contributed by atoms with E-state index in [0.717, 1.165) is 5.56 Å². The zero-order valence-electron chi connectivity index (χ0n) is 11.6. The predicted octanol–water partition coefficient (Wildman–Crippen LogP) is -1.08. The molecule has 120 valence electrons. The summed E-state index contributed by atoms with van der Waals surface area (Å²) in [6.45, 7) is -0.415. The first-order valence-corrected chi connectivity index (χ1v) is 7.74. The zero-order valence-corrected chi connectivity index (χ0v) is 12.4. The minimum absolute atomic E-state index is 0.306. The van der Waals surface area contributed by atoms with Crippen LogP contribution in [0.3, 0.4) is 0 Å². The number of sulfone groups is 1. The Hall–Kier alpha value is -1.97. The number of aryl methyl sites for hydroxylation is 1. The van der Waals surface area contributed by atoms with Crippen molar-refractivity contribution >= 4 is 21.8 Å². The number of hydrogen-bond acceptors (Lipinski definition) is 8. The topological polar surface area (TPSA) is 127 Å². The van der Waals surface area contributed by atoms with Crippen LogP contribution in [0, 0.1) is 6.92 Å². The van der Waals surface area contributed by atoms with E-state index in [2.05, 4.69) is 9.47 Å². The number of rotatable bonds is 4. The SMILES string of the molecule is Cc1ccc(S(=O)(=O)C2(CO)OC(=O)C(CO)OC2=O)cc1. The molecule has 2 unspecified atom stereocenters. The molecule has 1 heterocycles. The first-order valence-electron chi connectivity index (χ1n) is 6.25. The van der Waals surface area contributed by atoms with Gasteiger partial charge in [-0.25, -0.2) is 18.0 Å². The summed E-state index contributed by atoms with van der Waals surface area (Å²) >= 11 is 0. The molecule has 0 aromatic heterocycles. The summed E-state index contributed by atoms with van der Waals surface area (Å²) in [5.74, 6) is -2.69. The Balaban J connectivity index is 2.52. The Morgan fingerprint density at radius 2 is 1.77 bits per heavy atom. The van der Waals surface area contributed by atoms with E-state index in [0.29, 0.717) is 0 Å². The highest BCUT2D eigenvalue weighted by Crippen LogP contribution is 2.32. The van der Waals surface area contributed by atoms with E-state index in [4.69, 9.17) is 5.11 Å². The summed E-state index contributed by atoms with van der Waals surface area (Å²) in [6, 6.07) is 5.43. The molecule has 2 atom stereocenters. The quantitative estimate of drug-likeness (QED) is 0.667. The molecule has 0 saturated carbocycles. The first kappa shape index (κ1) is 16.4. The molecular weight excluding hydrogens is 316 g/mol. The molecule has 2 N–H and O–H groups in total. The Bertz CT molecular complexity index is 693. The van der Waals surface area contributed by atoms with E-state index in [1.807, 2.05) is 0 Å². The summed E-state index contributed by atoms with van der Waals surface area (Å²) in [6.07, 6.45) is -1.61. The second-order valence-electron chi connectivity index (χ2n) is 4.73. The molecule has 9 heteroatoms. The van der Waals surface area contributed by atoms with Gasteiger partial charge in [0.2, 0.25) is 15.9 Å². The highest BCUT2D eigenvalue weighted by molar-refractivity contribution is 7.93. The smallest absolute Gasteiger partial charge is 0.370 e. The molecule has 2 rings (SSSR count). The molecule has 1 fully saturated rings. The van der Waals surface area contributed by atoms with Crippen LogP contribution in [0.2, 0.25) is 0 Å². The molecule has 1 saturated heterocycles. The van der Waals surface area contributed by atoms with Crippen molar-refractivity contribution in [2.75, 3.05) is 13.2 Å². The van der Waals surface area contributed by atoms with Crippen molar-refractivity contribution in [1.29, 1.82) is 0 Å². The largest absolute Gasteiger partial charge is 0.444 e. The monoisotopic (exact) mass is 330 g/mol. The molecule has 0 aliphatic carbocycles. The number of cyclic esters (lactones) is 2. The third kappa shape index (κ3) is 2.36. The maximum absolute atomic E-state index is 12.6. The number of benzene rings is 1. The summed E-state index contributed by atoms with van der Waals surface area (Å²) in [5, 5.41) is 18.3. The molecule has 22 heavy (non-hydrogen) atoms. The molecule has 0 amide bonds. The summed E-state index contributed by atoms with van der Waals surface area (Å²) in [4.78, 5) is 20.5. The van der Waals surface area contributed by atoms with Gasteiger partial charge in [-0.2, -0.15) is 0 Å². The van der Waals surface area contributed by atoms with Crippen molar-refractivity contribution in [3.63, 3.8) is 0 Å². The number of carbonyl (C=O) groups excluding carboxylic acids is 2. The maximum Gasteiger partial charge on any atom is 0.370 e. The molecule has 0 spiro atoms. The van der Waals surface area contributed by atoms with Gasteiger partial charge >= 0.3 is 16.9 Å². The lowest BCUT2D eigenvalue weighted by atomic mass is 10.2. The fraction of sp³-hybridized carbons (Fsp3) is 0.385. The Labute approximate surface area is 126 Å². The lowest BCUT2D eigenvalue weighted by molar-refractivity contribution is -0.205. The number of carbonyl (C=O) groups is 2. The van der Waals surface area contributed by atoms with Crippen molar-refractivity contribution < 1.29 is 37.7 Å². The third-order valence-corrected chi connectivity index (χ3v) is 5.37. The van der Waals surface area contributed by atoms with Crippen molar-refractivity contribution in [1.82, 2.24) is 0 Å². The van der Waals surface area contributed by atoms with Crippen LogP contribution in [0.5, 0.6) is 0 Å². The summed E-state index contributed by atoms with van der Waals surface area (Å²) in [7, 11) is -4.55. The van der Waals surface area contributed by atoms with Gasteiger partial charge in [0, 0.05) is 0 Å². The van der Waals surface area contributed by atoms with Crippen LogP contribution in [-0.2, 0) is 28.9 Å². The third-order valence-electron chi connectivity index (χ3n) is 3.23. The van der Waals surface area contributed by atoms with Crippen LogP contribution in [0.4, 0.5) is 0 Å². The maximum atomic E-state index is 12.6. The second kappa shape index (κ2) is 5.67. The fourth-order valence-electron chi connectivity index (χ4n) is 1.90. The van der Waals surface area contributed by atoms with Gasteiger partial charge in [0.05, 0.1) is 11.5 Å². The number of aliphatic hydroxyl groups is 2. The van der Waals surface area contributed by atoms with Crippen molar-refractivity contribution in [3.05, 3.63) is 29.8 Å². The molecule has 0 bridgehead atoms. The zero-order chi connectivity index (χ0) is 16.5. The van der Waals surface area contributed by atoms with Gasteiger partial charge in [-0.3, -0.25) is 0 Å². The molecule has 1 aliphatic heterocycles. The van der Waals surface area contributed by atoms with Crippen LogP contribution in [0.1, 0.15) is 5.56 Å². The van der Waals surface area contributed by atoms with Gasteiger partial charge in [0.1, 0.15) is 6.61 Å². The van der Waals surface area contributed by atoms with Crippen molar-refractivity contribution in [2.24, 2.45) is 0 Å². The number of aliphatic hydroxyl groups excluding tert-OH is 2. The molecule has 8 nitrogen and oxygen atoms in total. The average Bonchev–Trinajstić information content (AvgIpc) is 2.49. The summed E-state index contributed by atoms with van der Waals surface area (Å²) < 4.78 is 34.5. The first-order chi connectivity index (χ1) is 10.3. The number of hydrogen-bond donors (Lipinski definition) is 2. The standard InChI is InChI=1S/C13H14O8S/c1-8-2-4-9(5-3-8)22(18,19)13(7-15)12(17)20-10(6-14)11(16)21-13/h2-5,10,14-15H,6-7H2,1H3. The average molecular weight is 330 g/mol. The number of esters is 2. The van der Waals surface area contributed by atoms with Crippen molar-refractivity contribution in [3.8, 4) is 0 Å². The van der Waals surface area contributed by atoms with Crippen LogP contribution < -0.4 is 0 Å². The highest BCUT2D eigenvalue weighted by Gasteiger charge is 2.61. The van der Waals surface area contributed by atoms with Gasteiger partial charge in [-0.1, -0.05) is 17.7 Å². The van der Waals surface area contributed by atoms with Gasteiger partial charge in [-0.05, 0) is 19.1 Å². The minimum atomic E-state index is -4.55. The minimum Gasteiger partial charge on any atom is -0.444 e.